The topological polar surface area (TPSA) is 81.2 Å². The third kappa shape index (κ3) is 3.34. The number of carbonyl (C=O) groups is 1. The molecule has 0 aliphatic heterocycles. The minimum absolute atomic E-state index is 0.169. The standard InChI is InChI=1S/C14H17N3O2/c1-9(2)12-5-11(6-13(15)17-12)14(18)16-7-10-3-4-19-8-10/h3-6,8-9H,7H2,1-2H3,(H2,15,17)(H,16,18). The van der Waals surface area contributed by atoms with Crippen molar-refractivity contribution in [1.82, 2.24) is 10.3 Å². The number of anilines is 1. The van der Waals surface area contributed by atoms with Crippen molar-refractivity contribution in [3.63, 3.8) is 0 Å². The number of nitrogens with two attached hydrogens (primary N) is 1. The van der Waals surface area contributed by atoms with E-state index in [2.05, 4.69) is 10.3 Å². The maximum atomic E-state index is 12.0. The number of aromatic nitrogens is 1. The summed E-state index contributed by atoms with van der Waals surface area (Å²) in [5, 5.41) is 2.81. The number of hydrogen-bond acceptors (Lipinski definition) is 4. The van der Waals surface area contributed by atoms with E-state index < -0.39 is 0 Å². The van der Waals surface area contributed by atoms with Gasteiger partial charge in [0.05, 0.1) is 12.5 Å². The van der Waals surface area contributed by atoms with Gasteiger partial charge in [0.25, 0.3) is 5.91 Å². The van der Waals surface area contributed by atoms with Gasteiger partial charge in [-0.05, 0) is 24.1 Å². The molecule has 5 nitrogen and oxygen atoms in total. The van der Waals surface area contributed by atoms with Crippen molar-refractivity contribution in [2.75, 3.05) is 5.73 Å². The minimum Gasteiger partial charge on any atom is -0.472 e. The van der Waals surface area contributed by atoms with E-state index in [0.29, 0.717) is 17.9 Å². The van der Waals surface area contributed by atoms with Crippen LogP contribution >= 0.6 is 0 Å². The zero-order chi connectivity index (χ0) is 13.8. The number of rotatable bonds is 4. The highest BCUT2D eigenvalue weighted by Crippen LogP contribution is 2.16. The predicted octanol–water partition coefficient (Wildman–Crippen LogP) is 2.31. The van der Waals surface area contributed by atoms with Crippen LogP contribution in [-0.2, 0) is 6.54 Å². The summed E-state index contributed by atoms with van der Waals surface area (Å²) >= 11 is 0. The molecule has 1 amide bonds. The molecule has 0 radical (unpaired) electrons. The first-order chi connectivity index (χ1) is 9.06. The van der Waals surface area contributed by atoms with Crippen LogP contribution in [0.5, 0.6) is 0 Å². The van der Waals surface area contributed by atoms with Crippen LogP contribution in [0.2, 0.25) is 0 Å². The molecule has 0 aliphatic rings. The average Bonchev–Trinajstić information content (AvgIpc) is 2.88. The maximum absolute atomic E-state index is 12.0. The van der Waals surface area contributed by atoms with E-state index in [1.54, 1.807) is 30.7 Å². The highest BCUT2D eigenvalue weighted by atomic mass is 16.3. The Balaban J connectivity index is 2.10. The first-order valence-electron chi connectivity index (χ1n) is 6.13. The Morgan fingerprint density at radius 1 is 1.47 bits per heavy atom. The van der Waals surface area contributed by atoms with Crippen LogP contribution in [0.1, 0.15) is 41.4 Å². The molecule has 2 rings (SSSR count). The highest BCUT2D eigenvalue weighted by Gasteiger charge is 2.10. The van der Waals surface area contributed by atoms with Crippen molar-refractivity contribution in [3.8, 4) is 0 Å². The summed E-state index contributed by atoms with van der Waals surface area (Å²) < 4.78 is 4.94. The van der Waals surface area contributed by atoms with Gasteiger partial charge in [0.15, 0.2) is 0 Å². The van der Waals surface area contributed by atoms with E-state index in [4.69, 9.17) is 10.2 Å². The second-order valence-electron chi connectivity index (χ2n) is 4.67. The van der Waals surface area contributed by atoms with Gasteiger partial charge in [-0.3, -0.25) is 4.79 Å². The second kappa shape index (κ2) is 5.56. The van der Waals surface area contributed by atoms with Gasteiger partial charge in [0.1, 0.15) is 5.82 Å². The number of amides is 1. The molecule has 2 aromatic rings. The summed E-state index contributed by atoms with van der Waals surface area (Å²) in [6.07, 6.45) is 3.17. The van der Waals surface area contributed by atoms with Gasteiger partial charge in [-0.2, -0.15) is 0 Å². The third-order valence-corrected chi connectivity index (χ3v) is 2.75. The number of hydrogen-bond donors (Lipinski definition) is 2. The van der Waals surface area contributed by atoms with Crippen LogP contribution in [0.25, 0.3) is 0 Å². The molecule has 3 N–H and O–H groups in total. The van der Waals surface area contributed by atoms with E-state index >= 15 is 0 Å². The van der Waals surface area contributed by atoms with Gasteiger partial charge in [0, 0.05) is 23.4 Å². The summed E-state index contributed by atoms with van der Waals surface area (Å²) in [5.41, 5.74) is 7.98. The monoisotopic (exact) mass is 259 g/mol. The molecule has 100 valence electrons. The molecule has 0 aromatic carbocycles. The molecule has 2 heterocycles. The first kappa shape index (κ1) is 13.1. The molecular formula is C14H17N3O2. The van der Waals surface area contributed by atoms with Crippen molar-refractivity contribution in [2.45, 2.75) is 26.3 Å². The number of carbonyl (C=O) groups excluding carboxylic acids is 1. The quantitative estimate of drug-likeness (QED) is 0.882. The summed E-state index contributed by atoms with van der Waals surface area (Å²) in [6.45, 7) is 4.44. The van der Waals surface area contributed by atoms with Gasteiger partial charge in [-0.15, -0.1) is 0 Å². The summed E-state index contributed by atoms with van der Waals surface area (Å²) in [5.74, 6) is 0.417. The second-order valence-corrected chi connectivity index (χ2v) is 4.67. The lowest BCUT2D eigenvalue weighted by atomic mass is 10.1. The lowest BCUT2D eigenvalue weighted by Crippen LogP contribution is -2.23. The van der Waals surface area contributed by atoms with E-state index in [-0.39, 0.29) is 11.8 Å². The highest BCUT2D eigenvalue weighted by molar-refractivity contribution is 5.94. The number of furan rings is 1. The molecule has 0 aliphatic carbocycles. The van der Waals surface area contributed by atoms with E-state index in [1.807, 2.05) is 13.8 Å². The van der Waals surface area contributed by atoms with E-state index in [1.165, 1.54) is 0 Å². The number of nitrogens with one attached hydrogen (secondary N) is 1. The molecule has 0 spiro atoms. The fourth-order valence-electron chi connectivity index (χ4n) is 1.68. The van der Waals surface area contributed by atoms with Gasteiger partial charge in [0.2, 0.25) is 0 Å². The van der Waals surface area contributed by atoms with Crippen LogP contribution in [0, 0.1) is 0 Å². The SMILES string of the molecule is CC(C)c1cc(C(=O)NCc2ccoc2)cc(N)n1. The lowest BCUT2D eigenvalue weighted by molar-refractivity contribution is 0.0950. The fourth-order valence-corrected chi connectivity index (χ4v) is 1.68. The predicted molar refractivity (Wildman–Crippen MR) is 72.6 cm³/mol. The van der Waals surface area contributed by atoms with Gasteiger partial charge in [-0.1, -0.05) is 13.8 Å². The minimum atomic E-state index is -0.169. The molecule has 0 bridgehead atoms. The number of pyridine rings is 1. The van der Waals surface area contributed by atoms with Crippen LogP contribution in [0.15, 0.2) is 35.1 Å². The molecule has 0 saturated heterocycles. The Morgan fingerprint density at radius 3 is 2.89 bits per heavy atom. The Hall–Kier alpha value is -2.30. The average molecular weight is 259 g/mol. The Labute approximate surface area is 111 Å². The molecule has 0 atom stereocenters. The Kier molecular flexibility index (Phi) is 3.85. The summed E-state index contributed by atoms with van der Waals surface area (Å²) in [4.78, 5) is 16.3. The molecule has 0 saturated carbocycles. The van der Waals surface area contributed by atoms with Gasteiger partial charge < -0.3 is 15.5 Å². The third-order valence-electron chi connectivity index (χ3n) is 2.75. The van der Waals surface area contributed by atoms with E-state index in [9.17, 15) is 4.79 Å². The van der Waals surface area contributed by atoms with Crippen molar-refractivity contribution in [3.05, 3.63) is 47.5 Å². The molecule has 0 fully saturated rings. The smallest absolute Gasteiger partial charge is 0.251 e. The van der Waals surface area contributed by atoms with Crippen molar-refractivity contribution in [2.24, 2.45) is 0 Å². The lowest BCUT2D eigenvalue weighted by Gasteiger charge is -2.09. The van der Waals surface area contributed by atoms with E-state index in [0.717, 1.165) is 11.3 Å². The number of nitrogen functional groups attached to an aromatic ring is 1. The van der Waals surface area contributed by atoms with Crippen molar-refractivity contribution < 1.29 is 9.21 Å². The summed E-state index contributed by atoms with van der Waals surface area (Å²) in [7, 11) is 0. The summed E-state index contributed by atoms with van der Waals surface area (Å²) in [6, 6.07) is 5.16. The van der Waals surface area contributed by atoms with Crippen LogP contribution in [0.3, 0.4) is 0 Å². The molecule has 2 aromatic heterocycles. The van der Waals surface area contributed by atoms with Crippen LogP contribution < -0.4 is 11.1 Å². The normalized spacial score (nSPS) is 10.7. The van der Waals surface area contributed by atoms with Gasteiger partial charge in [-0.25, -0.2) is 4.98 Å². The van der Waals surface area contributed by atoms with Crippen LogP contribution in [-0.4, -0.2) is 10.9 Å². The Morgan fingerprint density at radius 2 is 2.26 bits per heavy atom. The molecule has 5 heteroatoms. The number of nitrogens with zero attached hydrogens (tertiary/aromatic N) is 1. The fraction of sp³-hybridized carbons (Fsp3) is 0.286. The zero-order valence-corrected chi connectivity index (χ0v) is 11.0. The molecule has 19 heavy (non-hydrogen) atoms. The van der Waals surface area contributed by atoms with Crippen molar-refractivity contribution in [1.29, 1.82) is 0 Å². The largest absolute Gasteiger partial charge is 0.472 e. The molecule has 0 unspecified atom stereocenters. The van der Waals surface area contributed by atoms with Gasteiger partial charge >= 0.3 is 0 Å². The van der Waals surface area contributed by atoms with Crippen LogP contribution in [0.4, 0.5) is 5.82 Å². The molecular weight excluding hydrogens is 242 g/mol. The maximum Gasteiger partial charge on any atom is 0.251 e. The first-order valence-corrected chi connectivity index (χ1v) is 6.13. The van der Waals surface area contributed by atoms with Crippen molar-refractivity contribution >= 4 is 11.7 Å². The Bertz CT molecular complexity index is 562. The zero-order valence-electron chi connectivity index (χ0n) is 11.0.